The Labute approximate surface area is 397 Å². The largest absolute Gasteiger partial charge is 0.501 e. The summed E-state index contributed by atoms with van der Waals surface area (Å²) in [7, 11) is -10.9. The topological polar surface area (TPSA) is 128 Å². The van der Waals surface area contributed by atoms with E-state index < -0.39 is 52.8 Å². The van der Waals surface area contributed by atoms with Gasteiger partial charge in [-0.25, -0.2) is 21.6 Å². The molecule has 2 aliphatic heterocycles. The van der Waals surface area contributed by atoms with Gasteiger partial charge in [-0.05, 0) is 109 Å². The molecule has 1 amide bonds. The van der Waals surface area contributed by atoms with Crippen LogP contribution in [0.5, 0.6) is 0 Å². The van der Waals surface area contributed by atoms with Crippen molar-refractivity contribution in [3.8, 4) is 0 Å². The first kappa shape index (κ1) is 51.3. The number of carbonyl (C=O) groups excluding carboxylic acids is 1. The molecule has 2 heterocycles. The number of nitrogens with one attached hydrogen (secondary N) is 2. The maximum atomic E-state index is 14.2. The van der Waals surface area contributed by atoms with Gasteiger partial charge in [-0.1, -0.05) is 68.8 Å². The minimum Gasteiger partial charge on any atom is -0.380 e. The Bertz CT molecular complexity index is 2530. The average molecular weight is 991 g/mol. The third-order valence-corrected chi connectivity index (χ3v) is 16.5. The molecule has 0 bridgehead atoms. The number of hydrogen-bond acceptors (Lipinski definition) is 11. The quantitative estimate of drug-likeness (QED) is 0.104. The zero-order valence-electron chi connectivity index (χ0n) is 36.4. The Balaban J connectivity index is 0.00000720. The van der Waals surface area contributed by atoms with Gasteiger partial charge in [0.2, 0.25) is 0 Å². The van der Waals surface area contributed by atoms with Crippen LogP contribution in [0.4, 0.5) is 24.5 Å². The minimum atomic E-state index is -6.05. The van der Waals surface area contributed by atoms with Crippen LogP contribution in [0.1, 0.15) is 62.9 Å². The molecule has 2 fully saturated rings. The predicted molar refractivity (Wildman–Crippen MR) is 259 cm³/mol. The molecule has 7 rings (SSSR count). The number of ether oxygens (including phenoxy) is 1. The van der Waals surface area contributed by atoms with Crippen LogP contribution in [0.15, 0.2) is 117 Å². The highest BCUT2D eigenvalue weighted by Crippen LogP contribution is 2.43. The lowest BCUT2D eigenvalue weighted by atomic mass is 9.73. The first-order valence-corrected chi connectivity index (χ1v) is 26.0. The van der Waals surface area contributed by atoms with E-state index in [9.17, 15) is 34.8 Å². The summed E-state index contributed by atoms with van der Waals surface area (Å²) < 4.78 is 103. The minimum absolute atomic E-state index is 0. The lowest BCUT2D eigenvalue weighted by molar-refractivity contribution is -0.0435. The van der Waals surface area contributed by atoms with Gasteiger partial charge < -0.3 is 15.0 Å². The summed E-state index contributed by atoms with van der Waals surface area (Å²) >= 11 is 7.64. The van der Waals surface area contributed by atoms with Crippen molar-refractivity contribution < 1.29 is 39.5 Å². The summed E-state index contributed by atoms with van der Waals surface area (Å²) in [5, 5.41) is 3.71. The fourth-order valence-electron chi connectivity index (χ4n) is 8.49. The van der Waals surface area contributed by atoms with Gasteiger partial charge >= 0.3 is 5.51 Å². The van der Waals surface area contributed by atoms with Gasteiger partial charge in [0, 0.05) is 85.3 Å². The molecule has 0 unspecified atom stereocenters. The van der Waals surface area contributed by atoms with Gasteiger partial charge in [-0.3, -0.25) is 14.6 Å². The number of amides is 1. The molecule has 3 aliphatic rings. The summed E-state index contributed by atoms with van der Waals surface area (Å²) in [6.45, 7) is 11.6. The molecule has 66 heavy (non-hydrogen) atoms. The van der Waals surface area contributed by atoms with E-state index in [0.29, 0.717) is 56.1 Å². The van der Waals surface area contributed by atoms with Crippen molar-refractivity contribution in [1.82, 2.24) is 14.5 Å². The molecule has 2 N–H and O–H groups in total. The van der Waals surface area contributed by atoms with Crippen LogP contribution < -0.4 is 14.9 Å². The maximum Gasteiger partial charge on any atom is 0.501 e. The summed E-state index contributed by atoms with van der Waals surface area (Å²) in [4.78, 5) is 19.0. The number of hydrogen-bond donors (Lipinski definition) is 2. The molecule has 0 aromatic heterocycles. The van der Waals surface area contributed by atoms with Gasteiger partial charge in [0.25, 0.3) is 25.8 Å². The number of piperazine rings is 1. The predicted octanol–water partition coefficient (Wildman–Crippen LogP) is 9.47. The van der Waals surface area contributed by atoms with Crippen LogP contribution in [0, 0.1) is 5.41 Å². The van der Waals surface area contributed by atoms with Crippen LogP contribution in [0.25, 0.3) is 5.57 Å². The van der Waals surface area contributed by atoms with E-state index in [1.54, 1.807) is 12.1 Å². The number of benzene rings is 4. The molecule has 18 heteroatoms. The van der Waals surface area contributed by atoms with Gasteiger partial charge in [0.1, 0.15) is 4.90 Å². The molecule has 1 atom stereocenters. The summed E-state index contributed by atoms with van der Waals surface area (Å²) in [6, 6.07) is 25.8. The van der Waals surface area contributed by atoms with Crippen molar-refractivity contribution in [2.24, 2.45) is 5.41 Å². The highest BCUT2D eigenvalue weighted by Gasteiger charge is 2.48. The van der Waals surface area contributed by atoms with Crippen molar-refractivity contribution in [3.05, 3.63) is 119 Å². The smallest absolute Gasteiger partial charge is 0.380 e. The number of sulfone groups is 1. The number of allylic oxidation sites excluding steroid dienone is 1. The van der Waals surface area contributed by atoms with Crippen LogP contribution in [-0.2, 0) is 24.6 Å². The van der Waals surface area contributed by atoms with E-state index in [-0.39, 0.29) is 18.4 Å². The van der Waals surface area contributed by atoms with Crippen molar-refractivity contribution in [2.45, 2.75) is 73.2 Å². The molecule has 0 saturated carbocycles. The zero-order chi connectivity index (χ0) is 46.4. The van der Waals surface area contributed by atoms with E-state index in [1.165, 1.54) is 40.6 Å². The van der Waals surface area contributed by atoms with Gasteiger partial charge in [-0.2, -0.15) is 13.2 Å². The van der Waals surface area contributed by atoms with E-state index in [2.05, 4.69) is 46.0 Å². The normalized spacial score (nSPS) is 18.1. The molecule has 4 aromatic rings. The zero-order valence-corrected chi connectivity index (χ0v) is 39.7. The lowest BCUT2D eigenvalue weighted by Gasteiger charge is -2.39. The van der Waals surface area contributed by atoms with Gasteiger partial charge in [0.05, 0.1) is 23.8 Å². The molecular formula is C48H59ClF3N5O6S3. The Morgan fingerprint density at radius 1 is 0.864 bits per heavy atom. The molecule has 4 aromatic carbocycles. The van der Waals surface area contributed by atoms with Gasteiger partial charge in [0.15, 0.2) is 0 Å². The summed E-state index contributed by atoms with van der Waals surface area (Å²) in [6.07, 6.45) is 3.60. The van der Waals surface area contributed by atoms with Gasteiger partial charge in [-0.15, -0.1) is 11.8 Å². The Morgan fingerprint density at radius 3 is 2.18 bits per heavy atom. The number of sulfonamides is 1. The number of alkyl halides is 3. The van der Waals surface area contributed by atoms with E-state index in [0.717, 1.165) is 74.7 Å². The monoisotopic (exact) mass is 989 g/mol. The molecule has 1 aliphatic carbocycles. The molecule has 0 spiro atoms. The van der Waals surface area contributed by atoms with Crippen molar-refractivity contribution >= 4 is 66.1 Å². The second-order valence-electron chi connectivity index (χ2n) is 17.5. The third-order valence-electron chi connectivity index (χ3n) is 12.2. The average Bonchev–Trinajstić information content (AvgIpc) is 3.28. The summed E-state index contributed by atoms with van der Waals surface area (Å²) in [5.74, 6) is -0.653. The van der Waals surface area contributed by atoms with Crippen LogP contribution in [-0.4, -0.2) is 115 Å². The standard InChI is InChI=1S/C47H55ClF3N5O6S3.CH4/c1-46(2)20-18-42(34-8-12-37(48)13-9-34)36(31-46)32-55-22-24-56(25-23-55)39-14-10-35(11-15-39)45(57)53-65(60,61)41-16-17-43(44(30-41)64(58,59)47(49,50)51)52-38(19-21-54-26-28-62-29-27-54)33-63-40-6-4-3-5-7-40;/h3-17,30,38,52H,18-29,31-33H2,1-2H3,(H,53,57);1H4/t38-;/m1./s1. The van der Waals surface area contributed by atoms with Crippen molar-refractivity contribution in [3.63, 3.8) is 0 Å². The lowest BCUT2D eigenvalue weighted by Crippen LogP contribution is -2.47. The highest BCUT2D eigenvalue weighted by atomic mass is 35.5. The Hall–Kier alpha value is -4.10. The Morgan fingerprint density at radius 2 is 1.53 bits per heavy atom. The number of rotatable bonds is 16. The molecule has 358 valence electrons. The van der Waals surface area contributed by atoms with Crippen LogP contribution in [0.3, 0.4) is 0 Å². The number of morpholine rings is 1. The van der Waals surface area contributed by atoms with E-state index in [1.807, 2.05) is 47.2 Å². The number of halogens is 4. The number of nitrogens with zero attached hydrogens (tertiary/aromatic N) is 3. The van der Waals surface area contributed by atoms with Crippen molar-refractivity contribution in [1.29, 1.82) is 0 Å². The highest BCUT2D eigenvalue weighted by molar-refractivity contribution is 7.99. The number of carbonyl (C=O) groups is 1. The molecule has 2 saturated heterocycles. The Kier molecular flexibility index (Phi) is 17.0. The second-order valence-corrected chi connectivity index (χ2v) is 22.6. The van der Waals surface area contributed by atoms with Crippen molar-refractivity contribution in [2.75, 3.05) is 81.5 Å². The number of thioether (sulfide) groups is 1. The fraction of sp³-hybridized carbons (Fsp3) is 0.438. The molecule has 0 radical (unpaired) electrons. The van der Waals surface area contributed by atoms with Crippen LogP contribution >= 0.6 is 23.4 Å². The number of anilines is 2. The molecule has 11 nitrogen and oxygen atoms in total. The van der Waals surface area contributed by atoms with E-state index >= 15 is 0 Å². The first-order chi connectivity index (χ1) is 30.9. The second kappa shape index (κ2) is 21.9. The summed E-state index contributed by atoms with van der Waals surface area (Å²) in [5.41, 5.74) is -1.01. The first-order valence-electron chi connectivity index (χ1n) is 21.7. The molecular weight excluding hydrogens is 931 g/mol. The van der Waals surface area contributed by atoms with E-state index in [4.69, 9.17) is 16.3 Å². The maximum absolute atomic E-state index is 14.2. The third kappa shape index (κ3) is 13.1. The fourth-order valence-corrected chi connectivity index (χ4v) is 11.6. The van der Waals surface area contributed by atoms with Crippen LogP contribution in [0.2, 0.25) is 5.02 Å². The SMILES string of the molecule is C.CC1(C)CCC(c2ccc(Cl)cc2)=C(CN2CCN(c3ccc(C(=O)NS(=O)(=O)c4ccc(N[C@H](CCN5CCOCC5)CSc5ccccc5)c(S(=O)(=O)C(F)(F)F)c4)cc3)CC2)C1.